The van der Waals surface area contributed by atoms with Crippen molar-refractivity contribution in [1.82, 2.24) is 4.57 Å². The van der Waals surface area contributed by atoms with E-state index in [4.69, 9.17) is 23.2 Å². The van der Waals surface area contributed by atoms with Crippen LogP contribution in [0.4, 0.5) is 0 Å². The molecule has 0 bridgehead atoms. The zero-order valence-electron chi connectivity index (χ0n) is 11.4. The van der Waals surface area contributed by atoms with E-state index in [1.165, 1.54) is 5.82 Å². The van der Waals surface area contributed by atoms with Crippen molar-refractivity contribution in [3.63, 3.8) is 0 Å². The first-order valence-corrected chi connectivity index (χ1v) is 7.43. The van der Waals surface area contributed by atoms with Crippen molar-refractivity contribution in [1.29, 1.82) is 0 Å². The molecule has 2 nitrogen and oxygen atoms in total. The lowest BCUT2D eigenvalue weighted by Gasteiger charge is -2.06. The smallest absolute Gasteiger partial charge is 0.234 e. The van der Waals surface area contributed by atoms with Crippen LogP contribution in [0.1, 0.15) is 31.7 Å². The second kappa shape index (κ2) is 6.44. The molecule has 1 aromatic heterocycles. The Labute approximate surface area is 124 Å². The summed E-state index contributed by atoms with van der Waals surface area (Å²) in [5.74, 6) is 1.30. The first-order valence-electron chi connectivity index (χ1n) is 6.67. The van der Waals surface area contributed by atoms with Gasteiger partial charge >= 0.3 is 0 Å². The highest BCUT2D eigenvalue weighted by Gasteiger charge is 2.17. The van der Waals surface area contributed by atoms with E-state index >= 15 is 0 Å². The third-order valence-corrected chi connectivity index (χ3v) is 3.97. The molecule has 2 aromatic rings. The quantitative estimate of drug-likeness (QED) is 0.735. The Morgan fingerprint density at radius 2 is 1.84 bits per heavy atom. The molecule has 0 radical (unpaired) electrons. The van der Waals surface area contributed by atoms with E-state index in [1.807, 2.05) is 18.2 Å². The Kier molecular flexibility index (Phi) is 4.89. The summed E-state index contributed by atoms with van der Waals surface area (Å²) >= 11 is 12.5. The van der Waals surface area contributed by atoms with Gasteiger partial charge in [0.1, 0.15) is 18.9 Å². The van der Waals surface area contributed by atoms with Gasteiger partial charge in [0.25, 0.3) is 5.82 Å². The van der Waals surface area contributed by atoms with Gasteiger partial charge in [-0.15, -0.1) is 0 Å². The predicted molar refractivity (Wildman–Crippen MR) is 79.9 cm³/mol. The Morgan fingerprint density at radius 1 is 1.16 bits per heavy atom. The maximum atomic E-state index is 6.24. The number of aryl methyl sites for hydroxylation is 1. The maximum Gasteiger partial charge on any atom is 0.256 e. The summed E-state index contributed by atoms with van der Waals surface area (Å²) in [7, 11) is 0. The van der Waals surface area contributed by atoms with Gasteiger partial charge in [-0.1, -0.05) is 43.1 Å². The molecule has 0 spiro atoms. The fraction of sp³-hybridized carbons (Fsp3) is 0.400. The van der Waals surface area contributed by atoms with E-state index in [9.17, 15) is 0 Å². The first-order chi connectivity index (χ1) is 9.17. The Bertz CT molecular complexity index is 541. The van der Waals surface area contributed by atoms with Crippen LogP contribution < -0.4 is 4.57 Å². The molecule has 4 heteroatoms. The summed E-state index contributed by atoms with van der Waals surface area (Å²) in [6.45, 7) is 6.13. The van der Waals surface area contributed by atoms with Crippen LogP contribution in [-0.4, -0.2) is 4.57 Å². The standard InChI is InChI=1S/C15H19Cl2N2/c1-3-8-18-9-10-19(15(18)4-2)11-12-13(16)6-5-7-14(12)17/h5-7,9-10H,3-4,8,11H2,1-2H3/q+1. The summed E-state index contributed by atoms with van der Waals surface area (Å²) in [6.07, 6.45) is 6.37. The van der Waals surface area contributed by atoms with Gasteiger partial charge in [0.15, 0.2) is 0 Å². The van der Waals surface area contributed by atoms with Crippen molar-refractivity contribution in [2.45, 2.75) is 39.8 Å². The van der Waals surface area contributed by atoms with Crippen LogP contribution in [0.2, 0.25) is 10.0 Å². The second-order valence-corrected chi connectivity index (χ2v) is 5.40. The minimum Gasteiger partial charge on any atom is -0.234 e. The SMILES string of the molecule is CCCn1cc[n+](Cc2c(Cl)cccc2Cl)c1CC. The van der Waals surface area contributed by atoms with Crippen molar-refractivity contribution < 1.29 is 4.57 Å². The summed E-state index contributed by atoms with van der Waals surface area (Å²) in [5, 5.41) is 1.45. The lowest BCUT2D eigenvalue weighted by atomic mass is 10.2. The van der Waals surface area contributed by atoms with Crippen LogP contribution in [0.3, 0.4) is 0 Å². The number of aromatic nitrogens is 2. The Hall–Kier alpha value is -0.990. The molecular weight excluding hydrogens is 279 g/mol. The monoisotopic (exact) mass is 297 g/mol. The fourth-order valence-electron chi connectivity index (χ4n) is 2.35. The zero-order chi connectivity index (χ0) is 13.8. The number of hydrogen-bond donors (Lipinski definition) is 0. The molecule has 0 fully saturated rings. The molecule has 0 N–H and O–H groups in total. The van der Waals surface area contributed by atoms with Gasteiger partial charge in [0.2, 0.25) is 0 Å². The molecule has 0 aliphatic carbocycles. The molecule has 0 aliphatic rings. The van der Waals surface area contributed by atoms with E-state index in [2.05, 4.69) is 35.4 Å². The normalized spacial score (nSPS) is 10.9. The predicted octanol–water partition coefficient (Wildman–Crippen LogP) is 4.10. The van der Waals surface area contributed by atoms with E-state index in [0.29, 0.717) is 0 Å². The van der Waals surface area contributed by atoms with Crippen molar-refractivity contribution in [3.05, 3.63) is 52.0 Å². The van der Waals surface area contributed by atoms with Crippen LogP contribution in [-0.2, 0) is 19.5 Å². The van der Waals surface area contributed by atoms with Crippen molar-refractivity contribution >= 4 is 23.2 Å². The summed E-state index contributed by atoms with van der Waals surface area (Å²) in [6, 6.07) is 5.65. The highest BCUT2D eigenvalue weighted by molar-refractivity contribution is 6.35. The minimum atomic E-state index is 0.721. The zero-order valence-corrected chi connectivity index (χ0v) is 12.9. The molecule has 102 valence electrons. The lowest BCUT2D eigenvalue weighted by Crippen LogP contribution is -2.37. The highest BCUT2D eigenvalue weighted by atomic mass is 35.5. The van der Waals surface area contributed by atoms with E-state index in [-0.39, 0.29) is 0 Å². The number of rotatable bonds is 5. The van der Waals surface area contributed by atoms with Gasteiger partial charge in [-0.2, -0.15) is 0 Å². The van der Waals surface area contributed by atoms with E-state index in [0.717, 1.165) is 41.5 Å². The van der Waals surface area contributed by atoms with E-state index < -0.39 is 0 Å². The largest absolute Gasteiger partial charge is 0.256 e. The number of imidazole rings is 1. The van der Waals surface area contributed by atoms with Crippen molar-refractivity contribution in [2.75, 3.05) is 0 Å². The number of halogens is 2. The molecule has 0 saturated carbocycles. The highest BCUT2D eigenvalue weighted by Crippen LogP contribution is 2.24. The topological polar surface area (TPSA) is 8.81 Å². The van der Waals surface area contributed by atoms with Crippen LogP contribution in [0, 0.1) is 0 Å². The van der Waals surface area contributed by atoms with Crippen LogP contribution in [0.5, 0.6) is 0 Å². The maximum absolute atomic E-state index is 6.24. The molecule has 0 atom stereocenters. The summed E-state index contributed by atoms with van der Waals surface area (Å²) in [5.41, 5.74) is 0.986. The van der Waals surface area contributed by atoms with Gasteiger partial charge in [-0.3, -0.25) is 0 Å². The molecule has 2 rings (SSSR count). The number of hydrogen-bond acceptors (Lipinski definition) is 0. The average Bonchev–Trinajstić information content (AvgIpc) is 2.76. The Morgan fingerprint density at radius 3 is 2.42 bits per heavy atom. The summed E-state index contributed by atoms with van der Waals surface area (Å²) < 4.78 is 4.52. The average molecular weight is 298 g/mol. The van der Waals surface area contributed by atoms with Gasteiger partial charge in [-0.05, 0) is 18.6 Å². The molecular formula is C15H19Cl2N2+. The molecule has 1 aromatic carbocycles. The first kappa shape index (κ1) is 14.4. The van der Waals surface area contributed by atoms with Crippen LogP contribution >= 0.6 is 23.2 Å². The summed E-state index contributed by atoms with van der Waals surface area (Å²) in [4.78, 5) is 0. The molecule has 0 saturated heterocycles. The van der Waals surface area contributed by atoms with Crippen LogP contribution in [0.15, 0.2) is 30.6 Å². The molecule has 0 unspecified atom stereocenters. The second-order valence-electron chi connectivity index (χ2n) is 4.59. The van der Waals surface area contributed by atoms with Crippen LogP contribution in [0.25, 0.3) is 0 Å². The van der Waals surface area contributed by atoms with Crippen molar-refractivity contribution in [3.8, 4) is 0 Å². The van der Waals surface area contributed by atoms with Gasteiger partial charge in [0, 0.05) is 22.0 Å². The van der Waals surface area contributed by atoms with E-state index in [1.54, 1.807) is 0 Å². The molecule has 19 heavy (non-hydrogen) atoms. The third-order valence-electron chi connectivity index (χ3n) is 3.26. The molecule has 1 heterocycles. The Balaban J connectivity index is 2.33. The third kappa shape index (κ3) is 3.13. The fourth-order valence-corrected chi connectivity index (χ4v) is 2.86. The minimum absolute atomic E-state index is 0.721. The van der Waals surface area contributed by atoms with Crippen molar-refractivity contribution in [2.24, 2.45) is 0 Å². The molecule has 0 amide bonds. The number of benzene rings is 1. The number of nitrogens with zero attached hydrogens (tertiary/aromatic N) is 2. The van der Waals surface area contributed by atoms with Gasteiger partial charge < -0.3 is 0 Å². The molecule has 0 aliphatic heterocycles. The van der Waals surface area contributed by atoms with Gasteiger partial charge in [0.05, 0.1) is 6.54 Å². The van der Waals surface area contributed by atoms with Gasteiger partial charge in [-0.25, -0.2) is 9.13 Å². The lowest BCUT2D eigenvalue weighted by molar-refractivity contribution is -0.695.